The van der Waals surface area contributed by atoms with Gasteiger partial charge in [0.2, 0.25) is 0 Å². The molecule has 33 heavy (non-hydrogen) atoms. The minimum Gasteiger partial charge on any atom is -0.481 e. The van der Waals surface area contributed by atoms with Crippen molar-refractivity contribution in [3.63, 3.8) is 0 Å². The second-order valence-corrected chi connectivity index (χ2v) is 7.83. The summed E-state index contributed by atoms with van der Waals surface area (Å²) in [6.07, 6.45) is -10.7. The molecule has 2 aromatic rings. The Labute approximate surface area is 202 Å². The van der Waals surface area contributed by atoms with Gasteiger partial charge >= 0.3 is 24.3 Å². The molecule has 182 valence electrons. The molecular weight excluding hydrogens is 548 g/mol. The molecule has 0 atom stereocenters. The zero-order valence-electron chi connectivity index (χ0n) is 16.2. The molecule has 0 radical (unpaired) electrons. The predicted molar refractivity (Wildman–Crippen MR) is 110 cm³/mol. The van der Waals surface area contributed by atoms with Crippen LogP contribution in [0.1, 0.15) is 22.3 Å². The van der Waals surface area contributed by atoms with E-state index >= 15 is 0 Å². The number of alkyl halides is 6. The Kier molecular flexibility index (Phi) is 10.2. The smallest absolute Gasteiger partial charge is 0.416 e. The second kappa shape index (κ2) is 11.5. The number of hydrogen-bond acceptors (Lipinski definition) is 3. The lowest BCUT2D eigenvalue weighted by Gasteiger charge is -2.14. The van der Waals surface area contributed by atoms with Gasteiger partial charge in [0.1, 0.15) is 0 Å². The van der Waals surface area contributed by atoms with Crippen molar-refractivity contribution in [1.29, 1.82) is 0 Å². The van der Waals surface area contributed by atoms with Crippen LogP contribution in [0, 0.1) is 0 Å². The molecule has 2 rings (SSSR count). The molecule has 0 amide bonds. The number of carbonyl (C=O) groups is 2. The summed E-state index contributed by atoms with van der Waals surface area (Å²) >= 11 is 22.1. The molecule has 1 N–H and O–H groups in total. The normalized spacial score (nSPS) is 11.5. The van der Waals surface area contributed by atoms with E-state index in [0.29, 0.717) is 6.07 Å². The van der Waals surface area contributed by atoms with E-state index in [-0.39, 0.29) is 25.7 Å². The van der Waals surface area contributed by atoms with Crippen LogP contribution in [0.15, 0.2) is 24.3 Å². The predicted octanol–water partition coefficient (Wildman–Crippen LogP) is 7.37. The SMILES string of the molecule is COC(=O)Cc1c(Cl)cc(Cl)cc1C(F)(F)F.O=C(O)Cc1c(Cl)cc(Cl)cc1C(F)(F)F. The average Bonchev–Trinajstić information content (AvgIpc) is 2.64. The van der Waals surface area contributed by atoms with Crippen LogP contribution in [0.3, 0.4) is 0 Å². The molecule has 0 aliphatic carbocycles. The van der Waals surface area contributed by atoms with Gasteiger partial charge in [0, 0.05) is 20.1 Å². The first-order chi connectivity index (χ1) is 15.0. The highest BCUT2D eigenvalue weighted by atomic mass is 35.5. The van der Waals surface area contributed by atoms with E-state index in [1.165, 1.54) is 0 Å². The van der Waals surface area contributed by atoms with Crippen molar-refractivity contribution in [2.75, 3.05) is 7.11 Å². The molecule has 0 heterocycles. The van der Waals surface area contributed by atoms with Crippen LogP contribution in [0.4, 0.5) is 26.3 Å². The first-order valence-electron chi connectivity index (χ1n) is 8.36. The van der Waals surface area contributed by atoms with Crippen LogP contribution < -0.4 is 0 Å². The Balaban J connectivity index is 0.000000331. The summed E-state index contributed by atoms with van der Waals surface area (Å²) in [6, 6.07) is 3.62. The zero-order valence-corrected chi connectivity index (χ0v) is 19.2. The summed E-state index contributed by atoms with van der Waals surface area (Å²) in [5.74, 6) is -2.20. The highest BCUT2D eigenvalue weighted by Gasteiger charge is 2.36. The minimum absolute atomic E-state index is 0.143. The standard InChI is InChI=1S/C10H7Cl2F3O2.C9H5Cl2F3O2/c1-17-9(16)4-6-7(10(13,14)15)2-5(11)3-8(6)12;10-4-1-6(9(12,13)14)5(3-8(15)16)7(11)2-4/h2-3H,4H2,1H3;1-2H,3H2,(H,15,16). The third-order valence-corrected chi connectivity index (χ3v) is 4.92. The molecule has 0 fully saturated rings. The number of carbonyl (C=O) groups excluding carboxylic acids is 1. The van der Waals surface area contributed by atoms with Crippen LogP contribution in [-0.4, -0.2) is 24.2 Å². The topological polar surface area (TPSA) is 63.6 Å². The summed E-state index contributed by atoms with van der Waals surface area (Å²) in [6.45, 7) is 0. The molecule has 0 aliphatic heterocycles. The van der Waals surface area contributed by atoms with E-state index in [4.69, 9.17) is 51.5 Å². The highest BCUT2D eigenvalue weighted by Crippen LogP contribution is 2.38. The molecule has 4 nitrogen and oxygen atoms in total. The molecular formula is C19H12Cl4F6O4. The molecule has 0 aromatic heterocycles. The first-order valence-corrected chi connectivity index (χ1v) is 9.87. The number of hydrogen-bond donors (Lipinski definition) is 1. The van der Waals surface area contributed by atoms with Gasteiger partial charge < -0.3 is 9.84 Å². The summed E-state index contributed by atoms with van der Waals surface area (Å²) in [4.78, 5) is 21.4. The Bertz CT molecular complexity index is 1040. The van der Waals surface area contributed by atoms with E-state index in [0.717, 1.165) is 25.3 Å². The maximum Gasteiger partial charge on any atom is 0.416 e. The van der Waals surface area contributed by atoms with E-state index in [1.807, 2.05) is 0 Å². The van der Waals surface area contributed by atoms with E-state index in [1.54, 1.807) is 0 Å². The summed E-state index contributed by atoms with van der Waals surface area (Å²) in [7, 11) is 1.08. The number of carboxylic acids is 1. The fraction of sp³-hybridized carbons (Fsp3) is 0.263. The third kappa shape index (κ3) is 8.77. The second-order valence-electron chi connectivity index (χ2n) is 6.15. The van der Waals surface area contributed by atoms with Gasteiger partial charge in [-0.2, -0.15) is 26.3 Å². The molecule has 0 unspecified atom stereocenters. The zero-order chi connectivity index (χ0) is 25.7. The fourth-order valence-electron chi connectivity index (χ4n) is 2.44. The van der Waals surface area contributed by atoms with Crippen LogP contribution >= 0.6 is 46.4 Å². The quantitative estimate of drug-likeness (QED) is 0.314. The minimum atomic E-state index is -4.68. The molecule has 0 bridgehead atoms. The Morgan fingerprint density at radius 2 is 1.15 bits per heavy atom. The number of carboxylic acid groups (broad SMARTS) is 1. The van der Waals surface area contributed by atoms with Crippen LogP contribution in [0.25, 0.3) is 0 Å². The lowest BCUT2D eigenvalue weighted by molar-refractivity contribution is -0.142. The fourth-order valence-corrected chi connectivity index (χ4v) is 3.56. The van der Waals surface area contributed by atoms with Crippen molar-refractivity contribution >= 4 is 58.3 Å². The average molecular weight is 560 g/mol. The van der Waals surface area contributed by atoms with Crippen molar-refractivity contribution in [2.45, 2.75) is 25.2 Å². The van der Waals surface area contributed by atoms with Crippen molar-refractivity contribution in [2.24, 2.45) is 0 Å². The first kappa shape index (κ1) is 29.2. The van der Waals surface area contributed by atoms with E-state index in [2.05, 4.69) is 4.74 Å². The van der Waals surface area contributed by atoms with Gasteiger partial charge in [0.25, 0.3) is 0 Å². The Hall–Kier alpha value is -1.88. The molecule has 14 heteroatoms. The molecule has 0 saturated heterocycles. The number of aliphatic carboxylic acids is 1. The van der Waals surface area contributed by atoms with Gasteiger partial charge in [-0.05, 0) is 35.4 Å². The number of ether oxygens (including phenoxy) is 1. The summed E-state index contributed by atoms with van der Waals surface area (Å²) in [5, 5.41) is 7.64. The third-order valence-electron chi connectivity index (χ3n) is 3.81. The maximum atomic E-state index is 12.7. The number of rotatable bonds is 4. The Morgan fingerprint density at radius 3 is 1.45 bits per heavy atom. The van der Waals surface area contributed by atoms with Crippen molar-refractivity contribution in [3.8, 4) is 0 Å². The molecule has 0 aliphatic rings. The van der Waals surface area contributed by atoms with Gasteiger partial charge in [-0.15, -0.1) is 0 Å². The van der Waals surface area contributed by atoms with Crippen molar-refractivity contribution in [3.05, 3.63) is 66.6 Å². The van der Waals surface area contributed by atoms with Gasteiger partial charge in [0.05, 0.1) is 31.1 Å². The highest BCUT2D eigenvalue weighted by molar-refractivity contribution is 6.36. The Morgan fingerprint density at radius 1 is 0.788 bits per heavy atom. The van der Waals surface area contributed by atoms with Crippen LogP contribution in [-0.2, 0) is 39.5 Å². The van der Waals surface area contributed by atoms with Gasteiger partial charge in [0.15, 0.2) is 0 Å². The number of halogens is 10. The van der Waals surface area contributed by atoms with Crippen LogP contribution in [0.2, 0.25) is 20.1 Å². The van der Waals surface area contributed by atoms with Gasteiger partial charge in [-0.25, -0.2) is 0 Å². The molecule has 0 spiro atoms. The van der Waals surface area contributed by atoms with Crippen LogP contribution in [0.5, 0.6) is 0 Å². The van der Waals surface area contributed by atoms with Crippen molar-refractivity contribution in [1.82, 2.24) is 0 Å². The lowest BCUT2D eigenvalue weighted by atomic mass is 10.0. The maximum absolute atomic E-state index is 12.7. The molecule has 2 aromatic carbocycles. The van der Waals surface area contributed by atoms with Gasteiger partial charge in [-0.1, -0.05) is 46.4 Å². The van der Waals surface area contributed by atoms with Crippen molar-refractivity contribution < 1.29 is 45.8 Å². The summed E-state index contributed by atoms with van der Waals surface area (Å²) in [5.41, 5.74) is -2.96. The van der Waals surface area contributed by atoms with Gasteiger partial charge in [-0.3, -0.25) is 9.59 Å². The van der Waals surface area contributed by atoms with E-state index < -0.39 is 53.8 Å². The number of esters is 1. The largest absolute Gasteiger partial charge is 0.481 e. The molecule has 0 saturated carbocycles. The lowest BCUT2D eigenvalue weighted by Crippen LogP contribution is -2.14. The number of methoxy groups -OCH3 is 1. The number of benzene rings is 2. The van der Waals surface area contributed by atoms with E-state index in [9.17, 15) is 35.9 Å². The summed E-state index contributed by atoms with van der Waals surface area (Å²) < 4.78 is 80.0. The monoisotopic (exact) mass is 558 g/mol.